The van der Waals surface area contributed by atoms with Gasteiger partial charge in [-0.2, -0.15) is 0 Å². The molecule has 1 heterocycles. The van der Waals surface area contributed by atoms with Crippen LogP contribution in [0.25, 0.3) is 33.1 Å². The topological polar surface area (TPSA) is 25.2 Å². The van der Waals surface area contributed by atoms with Gasteiger partial charge in [0.25, 0.3) is 0 Å². The van der Waals surface area contributed by atoms with E-state index in [1.165, 1.54) is 16.7 Å². The maximum atomic E-state index is 6.26. The van der Waals surface area contributed by atoms with Crippen molar-refractivity contribution in [2.24, 2.45) is 0 Å². The summed E-state index contributed by atoms with van der Waals surface area (Å²) in [6.07, 6.45) is 0. The van der Waals surface area contributed by atoms with Gasteiger partial charge in [-0.15, -0.1) is 0 Å². The Morgan fingerprint density at radius 3 is 2.25 bits per heavy atom. The molecule has 2 heteroatoms. The average Bonchev–Trinajstić information content (AvgIpc) is 3.11. The van der Waals surface area contributed by atoms with Crippen LogP contribution in [0.1, 0.15) is 11.1 Å². The van der Waals surface area contributed by atoms with Crippen LogP contribution in [0.15, 0.2) is 89.3 Å². The molecule has 136 valence electrons. The van der Waals surface area contributed by atoms with Crippen LogP contribution >= 0.6 is 0 Å². The molecule has 0 fully saturated rings. The third-order valence-corrected chi connectivity index (χ3v) is 5.41. The van der Waals surface area contributed by atoms with Gasteiger partial charge in [0.2, 0.25) is 0 Å². The van der Waals surface area contributed by atoms with E-state index in [-0.39, 0.29) is 0 Å². The first-order valence-electron chi connectivity index (χ1n) is 9.55. The molecule has 0 unspecified atom stereocenters. The molecule has 0 bridgehead atoms. The molecule has 4 aromatic carbocycles. The van der Waals surface area contributed by atoms with Crippen molar-refractivity contribution < 1.29 is 4.42 Å². The van der Waals surface area contributed by atoms with Gasteiger partial charge in [0.1, 0.15) is 11.2 Å². The fraction of sp³-hybridized carbons (Fsp3) is 0.0769. The Bertz CT molecular complexity index is 1300. The number of anilines is 2. The predicted octanol–water partition coefficient (Wildman–Crippen LogP) is 7.61. The lowest BCUT2D eigenvalue weighted by atomic mass is 9.95. The molecule has 0 aliphatic rings. The van der Waals surface area contributed by atoms with Crippen molar-refractivity contribution in [1.82, 2.24) is 0 Å². The highest BCUT2D eigenvalue weighted by Crippen LogP contribution is 2.39. The number of furan rings is 1. The minimum atomic E-state index is 0.928. The predicted molar refractivity (Wildman–Crippen MR) is 118 cm³/mol. The molecule has 0 spiro atoms. The minimum absolute atomic E-state index is 0.928. The summed E-state index contributed by atoms with van der Waals surface area (Å²) in [5, 5.41) is 5.91. The number of para-hydroxylation sites is 3. The van der Waals surface area contributed by atoms with E-state index in [2.05, 4.69) is 73.8 Å². The molecule has 0 radical (unpaired) electrons. The van der Waals surface area contributed by atoms with E-state index in [1.807, 2.05) is 30.3 Å². The summed E-state index contributed by atoms with van der Waals surface area (Å²) in [6.45, 7) is 4.32. The van der Waals surface area contributed by atoms with Crippen LogP contribution in [0.4, 0.5) is 11.4 Å². The monoisotopic (exact) mass is 363 g/mol. The van der Waals surface area contributed by atoms with Crippen molar-refractivity contribution in [3.63, 3.8) is 0 Å². The second-order valence-electron chi connectivity index (χ2n) is 7.20. The molecular formula is C26H21NO. The minimum Gasteiger partial charge on any atom is -0.455 e. The van der Waals surface area contributed by atoms with E-state index in [0.717, 1.165) is 38.9 Å². The third-order valence-electron chi connectivity index (χ3n) is 5.41. The van der Waals surface area contributed by atoms with Crippen LogP contribution in [-0.2, 0) is 0 Å². The van der Waals surface area contributed by atoms with Crippen molar-refractivity contribution in [3.05, 3.63) is 96.1 Å². The lowest BCUT2D eigenvalue weighted by Crippen LogP contribution is -1.98. The van der Waals surface area contributed by atoms with Gasteiger partial charge in [-0.1, -0.05) is 66.7 Å². The van der Waals surface area contributed by atoms with Gasteiger partial charge in [0, 0.05) is 27.7 Å². The molecule has 0 aliphatic carbocycles. The zero-order valence-electron chi connectivity index (χ0n) is 16.0. The Labute approximate surface area is 164 Å². The zero-order valence-corrected chi connectivity index (χ0v) is 16.0. The highest BCUT2D eigenvalue weighted by atomic mass is 16.3. The summed E-state index contributed by atoms with van der Waals surface area (Å²) < 4.78 is 6.26. The Hall–Kier alpha value is -3.52. The summed E-state index contributed by atoms with van der Waals surface area (Å²) in [5.41, 5.74) is 8.87. The van der Waals surface area contributed by atoms with Crippen molar-refractivity contribution in [2.45, 2.75) is 13.8 Å². The average molecular weight is 363 g/mol. The second kappa shape index (κ2) is 6.58. The van der Waals surface area contributed by atoms with Crippen molar-refractivity contribution >= 4 is 33.3 Å². The van der Waals surface area contributed by atoms with E-state index in [0.29, 0.717) is 0 Å². The lowest BCUT2D eigenvalue weighted by Gasteiger charge is -2.17. The number of hydrogen-bond donors (Lipinski definition) is 1. The maximum absolute atomic E-state index is 6.26. The fourth-order valence-corrected chi connectivity index (χ4v) is 3.96. The molecule has 28 heavy (non-hydrogen) atoms. The first-order chi connectivity index (χ1) is 13.7. The first kappa shape index (κ1) is 16.6. The van der Waals surface area contributed by atoms with Crippen LogP contribution in [0, 0.1) is 13.8 Å². The molecule has 1 N–H and O–H groups in total. The molecule has 5 rings (SSSR count). The van der Waals surface area contributed by atoms with Crippen molar-refractivity contribution in [2.75, 3.05) is 5.32 Å². The summed E-state index contributed by atoms with van der Waals surface area (Å²) >= 11 is 0. The van der Waals surface area contributed by atoms with Gasteiger partial charge in [-0.3, -0.25) is 0 Å². The second-order valence-corrected chi connectivity index (χ2v) is 7.20. The van der Waals surface area contributed by atoms with Crippen LogP contribution in [0.5, 0.6) is 0 Å². The number of benzene rings is 4. The van der Waals surface area contributed by atoms with Gasteiger partial charge < -0.3 is 9.73 Å². The Morgan fingerprint density at radius 2 is 1.39 bits per heavy atom. The molecule has 2 nitrogen and oxygen atoms in total. The summed E-state index contributed by atoms with van der Waals surface area (Å²) in [6, 6.07) is 29.3. The Kier molecular flexibility index (Phi) is 3.91. The number of hydrogen-bond acceptors (Lipinski definition) is 2. The normalized spacial score (nSPS) is 11.2. The molecule has 1 aromatic heterocycles. The van der Waals surface area contributed by atoms with Crippen LogP contribution in [0.3, 0.4) is 0 Å². The van der Waals surface area contributed by atoms with Gasteiger partial charge in [-0.25, -0.2) is 0 Å². The molecule has 0 aliphatic heterocycles. The maximum Gasteiger partial charge on any atom is 0.143 e. The quantitative estimate of drug-likeness (QED) is 0.357. The first-order valence-corrected chi connectivity index (χ1v) is 9.55. The molecule has 0 atom stereocenters. The van der Waals surface area contributed by atoms with Crippen molar-refractivity contribution in [1.29, 1.82) is 0 Å². The summed E-state index contributed by atoms with van der Waals surface area (Å²) in [7, 11) is 0. The number of fused-ring (bicyclic) bond motifs is 3. The highest BCUT2D eigenvalue weighted by Gasteiger charge is 2.15. The van der Waals surface area contributed by atoms with E-state index in [1.54, 1.807) is 0 Å². The molecule has 0 saturated carbocycles. The molecule has 0 amide bonds. The number of rotatable bonds is 3. The molecule has 0 saturated heterocycles. The van der Waals surface area contributed by atoms with E-state index in [4.69, 9.17) is 4.42 Å². The van der Waals surface area contributed by atoms with Crippen LogP contribution in [-0.4, -0.2) is 0 Å². The summed E-state index contributed by atoms with van der Waals surface area (Å²) in [5.74, 6) is 0. The highest BCUT2D eigenvalue weighted by molar-refractivity contribution is 6.09. The van der Waals surface area contributed by atoms with E-state index in [9.17, 15) is 0 Å². The smallest absolute Gasteiger partial charge is 0.143 e. The van der Waals surface area contributed by atoms with Gasteiger partial charge in [-0.05, 0) is 48.7 Å². The van der Waals surface area contributed by atoms with Crippen molar-refractivity contribution in [3.8, 4) is 11.1 Å². The van der Waals surface area contributed by atoms with Crippen LogP contribution in [0.2, 0.25) is 0 Å². The summed E-state index contributed by atoms with van der Waals surface area (Å²) in [4.78, 5) is 0. The number of aryl methyl sites for hydroxylation is 1. The van der Waals surface area contributed by atoms with Gasteiger partial charge >= 0.3 is 0 Å². The largest absolute Gasteiger partial charge is 0.455 e. The molecular weight excluding hydrogens is 342 g/mol. The number of nitrogens with one attached hydrogen (secondary N) is 1. The van der Waals surface area contributed by atoms with Crippen LogP contribution < -0.4 is 5.32 Å². The SMILES string of the molecule is Cc1ccc(-c2cccc3c2oc2ccccc23)c(C)c1Nc1ccccc1. The van der Waals surface area contributed by atoms with E-state index >= 15 is 0 Å². The third kappa shape index (κ3) is 2.66. The standard InChI is InChI=1S/C26H21NO/c1-17-15-16-20(18(2)25(17)27-19-9-4-3-5-10-19)22-12-8-13-23-21-11-6-7-14-24(21)28-26(22)23/h3-16,27H,1-2H3. The van der Waals surface area contributed by atoms with E-state index < -0.39 is 0 Å². The van der Waals surface area contributed by atoms with Gasteiger partial charge in [0.05, 0.1) is 0 Å². The Balaban J connectivity index is 1.71. The lowest BCUT2D eigenvalue weighted by molar-refractivity contribution is 0.670. The fourth-order valence-electron chi connectivity index (χ4n) is 3.96. The molecule has 5 aromatic rings. The van der Waals surface area contributed by atoms with Gasteiger partial charge in [0.15, 0.2) is 0 Å². The zero-order chi connectivity index (χ0) is 19.1. The Morgan fingerprint density at radius 1 is 0.643 bits per heavy atom.